The minimum absolute atomic E-state index is 0.0508. The first kappa shape index (κ1) is 14.7. The van der Waals surface area contributed by atoms with Gasteiger partial charge in [0.1, 0.15) is 13.2 Å². The van der Waals surface area contributed by atoms with Crippen molar-refractivity contribution < 1.29 is 14.3 Å². The van der Waals surface area contributed by atoms with Gasteiger partial charge in [0.15, 0.2) is 11.5 Å². The van der Waals surface area contributed by atoms with Crippen molar-refractivity contribution in [2.75, 3.05) is 27.3 Å². The van der Waals surface area contributed by atoms with Gasteiger partial charge in [-0.15, -0.1) is 0 Å². The van der Waals surface area contributed by atoms with Crippen LogP contribution in [0, 0.1) is 0 Å². The second kappa shape index (κ2) is 5.71. The number of rotatable bonds is 4. The predicted molar refractivity (Wildman–Crippen MR) is 77.0 cm³/mol. The first-order chi connectivity index (χ1) is 9.44. The highest BCUT2D eigenvalue weighted by molar-refractivity contribution is 5.85. The van der Waals surface area contributed by atoms with E-state index in [-0.39, 0.29) is 5.91 Å². The van der Waals surface area contributed by atoms with Gasteiger partial charge in [-0.05, 0) is 38.6 Å². The van der Waals surface area contributed by atoms with Gasteiger partial charge < -0.3 is 19.7 Å². The van der Waals surface area contributed by atoms with Crippen LogP contribution < -0.4 is 14.8 Å². The standard InChI is InChI=1S/C15H22N2O3/c1-15(2,16-3)14(18)17(4)10-11-5-6-12-13(9-11)20-8-7-19-12/h5-6,9,16H,7-8,10H2,1-4H3. The first-order valence-electron chi connectivity index (χ1n) is 6.77. The summed E-state index contributed by atoms with van der Waals surface area (Å²) >= 11 is 0. The molecule has 5 nitrogen and oxygen atoms in total. The summed E-state index contributed by atoms with van der Waals surface area (Å²) in [6.07, 6.45) is 0. The Hall–Kier alpha value is -1.75. The van der Waals surface area contributed by atoms with Gasteiger partial charge >= 0.3 is 0 Å². The molecule has 0 fully saturated rings. The maximum atomic E-state index is 12.3. The van der Waals surface area contributed by atoms with E-state index in [1.54, 1.807) is 19.0 Å². The molecule has 2 rings (SSSR count). The quantitative estimate of drug-likeness (QED) is 0.905. The molecule has 1 aromatic rings. The highest BCUT2D eigenvalue weighted by Gasteiger charge is 2.28. The molecular formula is C15H22N2O3. The molecule has 1 heterocycles. The molecule has 1 aliphatic heterocycles. The third-order valence-corrected chi connectivity index (χ3v) is 3.53. The lowest BCUT2D eigenvalue weighted by Crippen LogP contribution is -2.51. The van der Waals surface area contributed by atoms with Gasteiger partial charge in [-0.1, -0.05) is 6.07 Å². The van der Waals surface area contributed by atoms with Crippen molar-refractivity contribution in [1.29, 1.82) is 0 Å². The van der Waals surface area contributed by atoms with Gasteiger partial charge in [-0.25, -0.2) is 0 Å². The van der Waals surface area contributed by atoms with Gasteiger partial charge in [0.25, 0.3) is 0 Å². The smallest absolute Gasteiger partial charge is 0.242 e. The number of fused-ring (bicyclic) bond motifs is 1. The molecule has 1 amide bonds. The molecule has 0 saturated heterocycles. The number of benzene rings is 1. The fourth-order valence-corrected chi connectivity index (χ4v) is 2.12. The van der Waals surface area contributed by atoms with Gasteiger partial charge in [-0.2, -0.15) is 0 Å². The largest absolute Gasteiger partial charge is 0.486 e. The minimum Gasteiger partial charge on any atom is -0.486 e. The molecule has 1 aromatic carbocycles. The lowest BCUT2D eigenvalue weighted by Gasteiger charge is -2.29. The van der Waals surface area contributed by atoms with E-state index in [0.29, 0.717) is 19.8 Å². The summed E-state index contributed by atoms with van der Waals surface area (Å²) in [5.74, 6) is 1.57. The third-order valence-electron chi connectivity index (χ3n) is 3.53. The number of hydrogen-bond acceptors (Lipinski definition) is 4. The zero-order valence-electron chi connectivity index (χ0n) is 12.5. The number of nitrogens with zero attached hydrogens (tertiary/aromatic N) is 1. The molecule has 1 aliphatic rings. The molecule has 110 valence electrons. The normalized spacial score (nSPS) is 14.0. The topological polar surface area (TPSA) is 50.8 Å². The van der Waals surface area contributed by atoms with Crippen molar-refractivity contribution in [2.45, 2.75) is 25.9 Å². The van der Waals surface area contributed by atoms with Crippen LogP contribution in [0.3, 0.4) is 0 Å². The summed E-state index contributed by atoms with van der Waals surface area (Å²) in [4.78, 5) is 14.0. The Bertz CT molecular complexity index is 500. The number of hydrogen-bond donors (Lipinski definition) is 1. The second-order valence-corrected chi connectivity index (χ2v) is 5.51. The van der Waals surface area contributed by atoms with Gasteiger partial charge in [0, 0.05) is 13.6 Å². The number of likely N-dealkylation sites (N-methyl/N-ethyl adjacent to an activating group) is 2. The van der Waals surface area contributed by atoms with E-state index in [0.717, 1.165) is 17.1 Å². The molecule has 0 aromatic heterocycles. The van der Waals surface area contributed by atoms with E-state index in [1.165, 1.54) is 0 Å². The summed E-state index contributed by atoms with van der Waals surface area (Å²) in [6, 6.07) is 5.79. The van der Waals surface area contributed by atoms with Gasteiger partial charge in [0.05, 0.1) is 5.54 Å². The van der Waals surface area contributed by atoms with Crippen molar-refractivity contribution in [3.8, 4) is 11.5 Å². The monoisotopic (exact) mass is 278 g/mol. The Balaban J connectivity index is 2.08. The van der Waals surface area contributed by atoms with Crippen molar-refractivity contribution in [2.24, 2.45) is 0 Å². The highest BCUT2D eigenvalue weighted by atomic mass is 16.6. The Labute approximate surface area is 119 Å². The maximum Gasteiger partial charge on any atom is 0.242 e. The highest BCUT2D eigenvalue weighted by Crippen LogP contribution is 2.31. The molecule has 0 radical (unpaired) electrons. The number of carbonyl (C=O) groups excluding carboxylic acids is 1. The van der Waals surface area contributed by atoms with E-state index in [4.69, 9.17) is 9.47 Å². The maximum absolute atomic E-state index is 12.3. The first-order valence-corrected chi connectivity index (χ1v) is 6.77. The Morgan fingerprint density at radius 1 is 1.30 bits per heavy atom. The van der Waals surface area contributed by atoms with Crippen molar-refractivity contribution in [1.82, 2.24) is 10.2 Å². The number of ether oxygens (including phenoxy) is 2. The number of amides is 1. The Morgan fingerprint density at radius 2 is 1.95 bits per heavy atom. The SMILES string of the molecule is CNC(C)(C)C(=O)N(C)Cc1ccc2c(c1)OCCO2. The fraction of sp³-hybridized carbons (Fsp3) is 0.533. The zero-order valence-corrected chi connectivity index (χ0v) is 12.5. The van der Waals surface area contributed by atoms with Gasteiger partial charge in [0.2, 0.25) is 5.91 Å². The summed E-state index contributed by atoms with van der Waals surface area (Å²) in [7, 11) is 3.59. The van der Waals surface area contributed by atoms with Crippen molar-refractivity contribution >= 4 is 5.91 Å². The van der Waals surface area contributed by atoms with Crippen LogP contribution in [0.2, 0.25) is 0 Å². The lowest BCUT2D eigenvalue weighted by molar-refractivity contribution is -0.136. The van der Waals surface area contributed by atoms with Crippen LogP contribution in [0.15, 0.2) is 18.2 Å². The number of nitrogens with one attached hydrogen (secondary N) is 1. The summed E-state index contributed by atoms with van der Waals surface area (Å²) < 4.78 is 11.0. The molecule has 20 heavy (non-hydrogen) atoms. The minimum atomic E-state index is -0.567. The third kappa shape index (κ3) is 3.04. The molecule has 0 atom stereocenters. The summed E-state index contributed by atoms with van der Waals surface area (Å²) in [5.41, 5.74) is 0.458. The molecular weight excluding hydrogens is 256 g/mol. The van der Waals surface area contributed by atoms with Crippen LogP contribution >= 0.6 is 0 Å². The van der Waals surface area contributed by atoms with E-state index in [1.807, 2.05) is 32.0 Å². The van der Waals surface area contributed by atoms with Crippen LogP contribution in [0.5, 0.6) is 11.5 Å². The van der Waals surface area contributed by atoms with Crippen LogP contribution in [0.1, 0.15) is 19.4 Å². The Morgan fingerprint density at radius 3 is 2.60 bits per heavy atom. The zero-order chi connectivity index (χ0) is 14.8. The van der Waals surface area contributed by atoms with E-state index < -0.39 is 5.54 Å². The van der Waals surface area contributed by atoms with Gasteiger partial charge in [-0.3, -0.25) is 4.79 Å². The lowest BCUT2D eigenvalue weighted by atomic mass is 10.0. The average molecular weight is 278 g/mol. The fourth-order valence-electron chi connectivity index (χ4n) is 2.12. The van der Waals surface area contributed by atoms with E-state index >= 15 is 0 Å². The molecule has 5 heteroatoms. The van der Waals surface area contributed by atoms with E-state index in [9.17, 15) is 4.79 Å². The molecule has 1 N–H and O–H groups in total. The van der Waals surface area contributed by atoms with Crippen LogP contribution in [-0.4, -0.2) is 43.7 Å². The van der Waals surface area contributed by atoms with Crippen LogP contribution in [-0.2, 0) is 11.3 Å². The second-order valence-electron chi connectivity index (χ2n) is 5.51. The average Bonchev–Trinajstić information content (AvgIpc) is 2.46. The summed E-state index contributed by atoms with van der Waals surface area (Å²) in [5, 5.41) is 3.02. The van der Waals surface area contributed by atoms with Crippen LogP contribution in [0.4, 0.5) is 0 Å². The van der Waals surface area contributed by atoms with Crippen molar-refractivity contribution in [3.05, 3.63) is 23.8 Å². The molecule has 0 unspecified atom stereocenters. The number of carbonyl (C=O) groups is 1. The molecule has 0 spiro atoms. The molecule has 0 aliphatic carbocycles. The Kier molecular flexibility index (Phi) is 4.18. The molecule has 0 saturated carbocycles. The van der Waals surface area contributed by atoms with Crippen LogP contribution in [0.25, 0.3) is 0 Å². The predicted octanol–water partition coefficient (Wildman–Crippen LogP) is 1.41. The van der Waals surface area contributed by atoms with E-state index in [2.05, 4.69) is 5.32 Å². The van der Waals surface area contributed by atoms with Crippen molar-refractivity contribution in [3.63, 3.8) is 0 Å². The molecule has 0 bridgehead atoms. The summed E-state index contributed by atoms with van der Waals surface area (Å²) in [6.45, 7) is 5.44.